The van der Waals surface area contributed by atoms with Crippen LogP contribution in [0.25, 0.3) is 0 Å². The topological polar surface area (TPSA) is 28.4 Å². The van der Waals surface area contributed by atoms with Gasteiger partial charge in [-0.15, -0.1) is 0 Å². The molecule has 0 bridgehead atoms. The van der Waals surface area contributed by atoms with Crippen molar-refractivity contribution in [2.45, 2.75) is 39.8 Å². The summed E-state index contributed by atoms with van der Waals surface area (Å²) in [5.74, 6) is 1.98. The van der Waals surface area contributed by atoms with Gasteiger partial charge in [0, 0.05) is 12.6 Å². The maximum absolute atomic E-state index is 5.62. The van der Waals surface area contributed by atoms with Crippen LogP contribution in [0.15, 0.2) is 46.9 Å². The van der Waals surface area contributed by atoms with Crippen LogP contribution in [0.1, 0.15) is 30.9 Å². The zero-order valence-electron chi connectivity index (χ0n) is 14.0. The number of furan rings is 1. The Kier molecular flexibility index (Phi) is 6.69. The smallest absolute Gasteiger partial charge is 0.117 e. The lowest BCUT2D eigenvalue weighted by atomic mass is 10.0. The highest BCUT2D eigenvalue weighted by Crippen LogP contribution is 2.10. The molecule has 0 fully saturated rings. The van der Waals surface area contributed by atoms with Gasteiger partial charge in [-0.1, -0.05) is 44.2 Å². The van der Waals surface area contributed by atoms with E-state index in [0.717, 1.165) is 44.1 Å². The summed E-state index contributed by atoms with van der Waals surface area (Å²) in [5.41, 5.74) is 1.40. The summed E-state index contributed by atoms with van der Waals surface area (Å²) in [4.78, 5) is 2.52. The monoisotopic (exact) mass is 300 g/mol. The Morgan fingerprint density at radius 3 is 2.36 bits per heavy atom. The van der Waals surface area contributed by atoms with Gasteiger partial charge >= 0.3 is 0 Å². The molecule has 0 radical (unpaired) electrons. The van der Waals surface area contributed by atoms with E-state index in [0.29, 0.717) is 6.04 Å². The number of benzene rings is 1. The van der Waals surface area contributed by atoms with Crippen LogP contribution >= 0.6 is 0 Å². The van der Waals surface area contributed by atoms with Crippen molar-refractivity contribution in [2.24, 2.45) is 0 Å². The molecule has 3 nitrogen and oxygen atoms in total. The van der Waals surface area contributed by atoms with Gasteiger partial charge in [0.2, 0.25) is 0 Å². The molecule has 0 aliphatic rings. The molecule has 2 rings (SSSR count). The minimum Gasteiger partial charge on any atom is -0.465 e. The standard InChI is InChI=1S/C19H28N2O/c1-4-21(5-2)18(13-17-9-7-6-8-10-17)14-20-15-19-12-11-16(3)22-19/h6-12,18,20H,4-5,13-15H2,1-3H3. The Balaban J connectivity index is 1.92. The molecule has 22 heavy (non-hydrogen) atoms. The fourth-order valence-corrected chi connectivity index (χ4v) is 2.90. The van der Waals surface area contributed by atoms with Crippen molar-refractivity contribution in [1.82, 2.24) is 10.2 Å². The molecule has 1 unspecified atom stereocenters. The summed E-state index contributed by atoms with van der Waals surface area (Å²) >= 11 is 0. The maximum Gasteiger partial charge on any atom is 0.117 e. The molecule has 120 valence electrons. The third-order valence-corrected chi connectivity index (χ3v) is 4.12. The molecule has 1 aromatic heterocycles. The molecule has 1 aromatic carbocycles. The quantitative estimate of drug-likeness (QED) is 0.766. The fourth-order valence-electron chi connectivity index (χ4n) is 2.90. The van der Waals surface area contributed by atoms with Gasteiger partial charge in [0.25, 0.3) is 0 Å². The van der Waals surface area contributed by atoms with Gasteiger partial charge in [-0.3, -0.25) is 4.90 Å². The number of likely N-dealkylation sites (N-methyl/N-ethyl adjacent to an activating group) is 1. The molecule has 0 saturated heterocycles. The van der Waals surface area contributed by atoms with Gasteiger partial charge in [0.05, 0.1) is 6.54 Å². The summed E-state index contributed by atoms with van der Waals surface area (Å²) in [6.45, 7) is 10.4. The Morgan fingerprint density at radius 1 is 1.05 bits per heavy atom. The molecule has 2 aromatic rings. The van der Waals surface area contributed by atoms with Crippen molar-refractivity contribution >= 4 is 0 Å². The van der Waals surface area contributed by atoms with Crippen LogP contribution in [0.3, 0.4) is 0 Å². The number of hydrogen-bond donors (Lipinski definition) is 1. The van der Waals surface area contributed by atoms with Gasteiger partial charge in [0.1, 0.15) is 11.5 Å². The summed E-state index contributed by atoms with van der Waals surface area (Å²) in [6, 6.07) is 15.3. The van der Waals surface area contributed by atoms with Crippen molar-refractivity contribution < 1.29 is 4.42 Å². The maximum atomic E-state index is 5.62. The second-order valence-corrected chi connectivity index (χ2v) is 5.71. The first-order chi connectivity index (χ1) is 10.7. The van der Waals surface area contributed by atoms with Gasteiger partial charge in [-0.25, -0.2) is 0 Å². The molecular weight excluding hydrogens is 272 g/mol. The van der Waals surface area contributed by atoms with Crippen LogP contribution in [-0.2, 0) is 13.0 Å². The summed E-state index contributed by atoms with van der Waals surface area (Å²) in [7, 11) is 0. The van der Waals surface area contributed by atoms with E-state index in [1.54, 1.807) is 0 Å². The lowest BCUT2D eigenvalue weighted by Gasteiger charge is -2.30. The highest BCUT2D eigenvalue weighted by molar-refractivity contribution is 5.16. The highest BCUT2D eigenvalue weighted by Gasteiger charge is 2.16. The summed E-state index contributed by atoms with van der Waals surface area (Å²) < 4.78 is 5.62. The predicted molar refractivity (Wildman–Crippen MR) is 92.0 cm³/mol. The Bertz CT molecular complexity index is 531. The first-order valence-electron chi connectivity index (χ1n) is 8.27. The Hall–Kier alpha value is -1.58. The minimum absolute atomic E-state index is 0.508. The predicted octanol–water partition coefficient (Wildman–Crippen LogP) is 3.63. The normalized spacial score (nSPS) is 12.7. The van der Waals surface area contributed by atoms with Crippen molar-refractivity contribution in [3.05, 3.63) is 59.5 Å². The SMILES string of the molecule is CCN(CC)C(CNCc1ccc(C)o1)Cc1ccccc1. The van der Waals surface area contributed by atoms with Crippen LogP contribution in [0.2, 0.25) is 0 Å². The van der Waals surface area contributed by atoms with Crippen LogP contribution in [0, 0.1) is 6.92 Å². The highest BCUT2D eigenvalue weighted by atomic mass is 16.3. The molecule has 0 aliphatic heterocycles. The van der Waals surface area contributed by atoms with Crippen molar-refractivity contribution in [3.63, 3.8) is 0 Å². The second-order valence-electron chi connectivity index (χ2n) is 5.71. The lowest BCUT2D eigenvalue weighted by molar-refractivity contribution is 0.208. The van der Waals surface area contributed by atoms with E-state index < -0.39 is 0 Å². The van der Waals surface area contributed by atoms with E-state index in [4.69, 9.17) is 4.42 Å². The van der Waals surface area contributed by atoms with Crippen LogP contribution in [0.4, 0.5) is 0 Å². The van der Waals surface area contributed by atoms with Gasteiger partial charge in [0.15, 0.2) is 0 Å². The average molecular weight is 300 g/mol. The van der Waals surface area contributed by atoms with Gasteiger partial charge < -0.3 is 9.73 Å². The third kappa shape index (κ3) is 5.00. The fraction of sp³-hybridized carbons (Fsp3) is 0.474. The van der Waals surface area contributed by atoms with E-state index in [1.165, 1.54) is 5.56 Å². The molecule has 0 amide bonds. The first-order valence-corrected chi connectivity index (χ1v) is 8.27. The summed E-state index contributed by atoms with van der Waals surface area (Å²) in [6.07, 6.45) is 1.08. The van der Waals surface area contributed by atoms with E-state index in [-0.39, 0.29) is 0 Å². The number of nitrogens with zero attached hydrogens (tertiary/aromatic N) is 1. The molecular formula is C19H28N2O. The first kappa shape index (κ1) is 16.8. The third-order valence-electron chi connectivity index (χ3n) is 4.12. The molecule has 1 heterocycles. The average Bonchev–Trinajstić information content (AvgIpc) is 2.95. The van der Waals surface area contributed by atoms with E-state index in [1.807, 2.05) is 19.1 Å². The van der Waals surface area contributed by atoms with Crippen molar-refractivity contribution in [1.29, 1.82) is 0 Å². The zero-order valence-corrected chi connectivity index (χ0v) is 14.0. The summed E-state index contributed by atoms with van der Waals surface area (Å²) in [5, 5.41) is 3.55. The number of hydrogen-bond acceptors (Lipinski definition) is 3. The minimum atomic E-state index is 0.508. The Morgan fingerprint density at radius 2 is 1.77 bits per heavy atom. The number of nitrogens with one attached hydrogen (secondary N) is 1. The van der Waals surface area contributed by atoms with Crippen LogP contribution < -0.4 is 5.32 Å². The Labute approximate surface area is 134 Å². The van der Waals surface area contributed by atoms with Crippen LogP contribution in [0.5, 0.6) is 0 Å². The van der Waals surface area contributed by atoms with E-state index in [9.17, 15) is 0 Å². The van der Waals surface area contributed by atoms with Crippen LogP contribution in [-0.4, -0.2) is 30.6 Å². The number of rotatable bonds is 9. The van der Waals surface area contributed by atoms with Gasteiger partial charge in [-0.2, -0.15) is 0 Å². The molecule has 0 spiro atoms. The number of aryl methyl sites for hydroxylation is 1. The molecule has 3 heteroatoms. The molecule has 1 atom stereocenters. The largest absolute Gasteiger partial charge is 0.465 e. The molecule has 1 N–H and O–H groups in total. The molecule has 0 aliphatic carbocycles. The lowest BCUT2D eigenvalue weighted by Crippen LogP contribution is -2.43. The van der Waals surface area contributed by atoms with E-state index in [2.05, 4.69) is 54.4 Å². The molecule has 0 saturated carbocycles. The zero-order chi connectivity index (χ0) is 15.8. The second kappa shape index (κ2) is 8.76. The van der Waals surface area contributed by atoms with Crippen molar-refractivity contribution in [2.75, 3.05) is 19.6 Å². The van der Waals surface area contributed by atoms with Crippen molar-refractivity contribution in [3.8, 4) is 0 Å². The van der Waals surface area contributed by atoms with Gasteiger partial charge in [-0.05, 0) is 44.1 Å². The van der Waals surface area contributed by atoms with E-state index >= 15 is 0 Å².